The number of halogens is 1. The zero-order valence-corrected chi connectivity index (χ0v) is 11.6. The van der Waals surface area contributed by atoms with E-state index in [9.17, 15) is 0 Å². The van der Waals surface area contributed by atoms with E-state index in [-0.39, 0.29) is 0 Å². The van der Waals surface area contributed by atoms with Gasteiger partial charge in [0.15, 0.2) is 18.4 Å². The van der Waals surface area contributed by atoms with Crippen LogP contribution in [-0.4, -0.2) is 7.11 Å². The van der Waals surface area contributed by atoms with Gasteiger partial charge in [-0.25, -0.2) is 0 Å². The highest BCUT2D eigenvalue weighted by molar-refractivity contribution is 9.10. The van der Waals surface area contributed by atoms with Crippen molar-refractivity contribution in [1.29, 1.82) is 0 Å². The Balaban J connectivity index is 2.32. The lowest BCUT2D eigenvalue weighted by Gasteiger charge is -2.06. The average Bonchev–Trinajstić information content (AvgIpc) is 2.35. The molecule has 17 heavy (non-hydrogen) atoms. The summed E-state index contributed by atoms with van der Waals surface area (Å²) in [6.07, 6.45) is 2.08. The van der Waals surface area contributed by atoms with Crippen LogP contribution in [0.1, 0.15) is 11.3 Å². The van der Waals surface area contributed by atoms with Gasteiger partial charge in [-0.3, -0.25) is 0 Å². The van der Waals surface area contributed by atoms with Gasteiger partial charge in [-0.15, -0.1) is 0 Å². The molecule has 0 atom stereocenters. The first kappa shape index (κ1) is 12.1. The Morgan fingerprint density at radius 3 is 2.76 bits per heavy atom. The molecule has 88 valence electrons. The minimum Gasteiger partial charge on any atom is -0.497 e. The average molecular weight is 293 g/mol. The van der Waals surface area contributed by atoms with E-state index in [0.717, 1.165) is 16.8 Å². The Hall–Kier alpha value is -1.35. The normalized spacial score (nSPS) is 10.3. The smallest absolute Gasteiger partial charge is 0.178 e. The molecular weight excluding hydrogens is 278 g/mol. The van der Waals surface area contributed by atoms with E-state index in [1.807, 2.05) is 24.3 Å². The number of benzene rings is 1. The minimum atomic E-state index is 0.838. The maximum absolute atomic E-state index is 5.25. The number of pyridine rings is 1. The first-order valence-electron chi connectivity index (χ1n) is 5.48. The van der Waals surface area contributed by atoms with Crippen molar-refractivity contribution in [3.8, 4) is 5.75 Å². The quantitative estimate of drug-likeness (QED) is 0.793. The van der Waals surface area contributed by atoms with Gasteiger partial charge < -0.3 is 4.74 Å². The number of nitrogens with zero attached hydrogens (tertiary/aromatic N) is 1. The molecule has 0 spiro atoms. The lowest BCUT2D eigenvalue weighted by atomic mass is 10.2. The van der Waals surface area contributed by atoms with Crippen LogP contribution in [0.3, 0.4) is 0 Å². The van der Waals surface area contributed by atoms with Crippen molar-refractivity contribution in [2.75, 3.05) is 7.11 Å². The standard InChI is InChI=1S/C14H15BrNO/c1-11-5-3-4-8-16(11)10-12-9-13(17-2)6-7-14(12)15/h3-9H,10H2,1-2H3/q+1. The summed E-state index contributed by atoms with van der Waals surface area (Å²) in [6, 6.07) is 12.2. The summed E-state index contributed by atoms with van der Waals surface area (Å²) in [5, 5.41) is 0. The molecule has 1 heterocycles. The summed E-state index contributed by atoms with van der Waals surface area (Å²) in [5.74, 6) is 0.886. The predicted molar refractivity (Wildman–Crippen MR) is 71.2 cm³/mol. The molecule has 0 unspecified atom stereocenters. The molecular formula is C14H15BrNO+. The van der Waals surface area contributed by atoms with E-state index < -0.39 is 0 Å². The van der Waals surface area contributed by atoms with E-state index in [1.165, 1.54) is 11.3 Å². The van der Waals surface area contributed by atoms with Gasteiger partial charge in [0.1, 0.15) is 5.75 Å². The molecule has 1 aromatic carbocycles. The van der Waals surface area contributed by atoms with Gasteiger partial charge >= 0.3 is 0 Å². The van der Waals surface area contributed by atoms with E-state index in [1.54, 1.807) is 7.11 Å². The number of hydrogen-bond donors (Lipinski definition) is 0. The molecule has 0 N–H and O–H groups in total. The Bertz CT molecular complexity index is 525. The molecule has 0 radical (unpaired) electrons. The number of aromatic nitrogens is 1. The topological polar surface area (TPSA) is 13.1 Å². The molecule has 2 nitrogen and oxygen atoms in total. The monoisotopic (exact) mass is 292 g/mol. The third-order valence-corrected chi connectivity index (χ3v) is 3.53. The first-order chi connectivity index (χ1) is 8.20. The van der Waals surface area contributed by atoms with Crippen LogP contribution in [0.2, 0.25) is 0 Å². The number of hydrogen-bond acceptors (Lipinski definition) is 1. The molecule has 0 saturated carbocycles. The zero-order valence-electron chi connectivity index (χ0n) is 9.98. The minimum absolute atomic E-state index is 0.838. The Morgan fingerprint density at radius 1 is 1.24 bits per heavy atom. The molecule has 0 saturated heterocycles. The van der Waals surface area contributed by atoms with Crippen molar-refractivity contribution in [2.45, 2.75) is 13.5 Å². The van der Waals surface area contributed by atoms with Crippen molar-refractivity contribution in [1.82, 2.24) is 0 Å². The van der Waals surface area contributed by atoms with Crippen molar-refractivity contribution < 1.29 is 9.30 Å². The molecule has 0 amide bonds. The van der Waals surface area contributed by atoms with Crippen LogP contribution in [0.4, 0.5) is 0 Å². The summed E-state index contributed by atoms with van der Waals surface area (Å²) in [6.45, 7) is 2.94. The molecule has 0 aliphatic heterocycles. The van der Waals surface area contributed by atoms with Crippen LogP contribution in [0.25, 0.3) is 0 Å². The maximum Gasteiger partial charge on any atom is 0.178 e. The van der Waals surface area contributed by atoms with Crippen LogP contribution in [0, 0.1) is 6.92 Å². The van der Waals surface area contributed by atoms with Crippen molar-refractivity contribution in [2.24, 2.45) is 0 Å². The maximum atomic E-state index is 5.25. The third kappa shape index (κ3) is 2.86. The molecule has 1 aromatic heterocycles. The molecule has 0 fully saturated rings. The first-order valence-corrected chi connectivity index (χ1v) is 6.27. The number of methoxy groups -OCH3 is 1. The fourth-order valence-electron chi connectivity index (χ4n) is 1.72. The van der Waals surface area contributed by atoms with Crippen LogP contribution in [-0.2, 0) is 6.54 Å². The number of ether oxygens (including phenoxy) is 1. The highest BCUT2D eigenvalue weighted by atomic mass is 79.9. The van der Waals surface area contributed by atoms with E-state index in [2.05, 4.69) is 45.8 Å². The summed E-state index contributed by atoms with van der Waals surface area (Å²) in [5.41, 5.74) is 2.45. The van der Waals surface area contributed by atoms with E-state index in [4.69, 9.17) is 4.74 Å². The lowest BCUT2D eigenvalue weighted by molar-refractivity contribution is -0.694. The second-order valence-corrected chi connectivity index (χ2v) is 4.78. The highest BCUT2D eigenvalue weighted by Crippen LogP contribution is 2.22. The summed E-state index contributed by atoms with van der Waals surface area (Å²) in [4.78, 5) is 0. The van der Waals surface area contributed by atoms with Crippen molar-refractivity contribution in [3.05, 3.63) is 58.3 Å². The fraction of sp³-hybridized carbons (Fsp3) is 0.214. The van der Waals surface area contributed by atoms with Gasteiger partial charge in [0, 0.05) is 29.1 Å². The number of aryl methyl sites for hydroxylation is 1. The SMILES string of the molecule is COc1ccc(Br)c(C[n+]2ccccc2C)c1. The Morgan fingerprint density at radius 2 is 2.06 bits per heavy atom. The Labute approximate surface area is 110 Å². The summed E-state index contributed by atoms with van der Waals surface area (Å²) < 4.78 is 8.56. The molecule has 0 aliphatic carbocycles. The van der Waals surface area contributed by atoms with Gasteiger partial charge in [-0.05, 0) is 18.2 Å². The van der Waals surface area contributed by atoms with Crippen molar-refractivity contribution in [3.63, 3.8) is 0 Å². The van der Waals surface area contributed by atoms with Gasteiger partial charge in [0.2, 0.25) is 0 Å². The fourth-order valence-corrected chi connectivity index (χ4v) is 2.09. The van der Waals surface area contributed by atoms with Crippen LogP contribution >= 0.6 is 15.9 Å². The van der Waals surface area contributed by atoms with Gasteiger partial charge in [-0.1, -0.05) is 22.0 Å². The van der Waals surface area contributed by atoms with Gasteiger partial charge in [0.05, 0.1) is 7.11 Å². The highest BCUT2D eigenvalue weighted by Gasteiger charge is 2.10. The molecule has 2 aromatic rings. The molecule has 0 bridgehead atoms. The number of rotatable bonds is 3. The van der Waals surface area contributed by atoms with Gasteiger partial charge in [-0.2, -0.15) is 4.57 Å². The van der Waals surface area contributed by atoms with Crippen LogP contribution in [0.15, 0.2) is 47.1 Å². The molecule has 2 rings (SSSR count). The Kier molecular flexibility index (Phi) is 3.79. The second-order valence-electron chi connectivity index (χ2n) is 3.93. The second kappa shape index (κ2) is 5.32. The zero-order chi connectivity index (χ0) is 12.3. The molecule has 0 aliphatic rings. The van der Waals surface area contributed by atoms with E-state index in [0.29, 0.717) is 0 Å². The largest absolute Gasteiger partial charge is 0.497 e. The van der Waals surface area contributed by atoms with E-state index >= 15 is 0 Å². The lowest BCUT2D eigenvalue weighted by Crippen LogP contribution is -2.37. The third-order valence-electron chi connectivity index (χ3n) is 2.76. The molecule has 3 heteroatoms. The van der Waals surface area contributed by atoms with Crippen molar-refractivity contribution >= 4 is 15.9 Å². The summed E-state index contributed by atoms with van der Waals surface area (Å²) in [7, 11) is 1.69. The van der Waals surface area contributed by atoms with Crippen LogP contribution in [0.5, 0.6) is 5.75 Å². The van der Waals surface area contributed by atoms with Crippen LogP contribution < -0.4 is 9.30 Å². The summed E-state index contributed by atoms with van der Waals surface area (Å²) >= 11 is 3.57. The predicted octanol–water partition coefficient (Wildman–Crippen LogP) is 3.10. The van der Waals surface area contributed by atoms with Gasteiger partial charge in [0.25, 0.3) is 0 Å².